The van der Waals surface area contributed by atoms with Crippen LogP contribution in [0.4, 0.5) is 5.69 Å². The normalized spacial score (nSPS) is 13.1. The molecule has 0 saturated carbocycles. The van der Waals surface area contributed by atoms with Crippen molar-refractivity contribution in [2.75, 3.05) is 18.5 Å². The molecule has 1 aliphatic heterocycles. The maximum absolute atomic E-state index is 9.40. The monoisotopic (exact) mass is 271 g/mol. The van der Waals surface area contributed by atoms with Gasteiger partial charge in [-0.15, -0.1) is 0 Å². The molecule has 104 valence electrons. The van der Waals surface area contributed by atoms with E-state index in [1.165, 1.54) is 0 Å². The van der Waals surface area contributed by atoms with Crippen molar-refractivity contribution in [3.8, 4) is 17.2 Å². The smallest absolute Gasteiger partial charge is 0.161 e. The first kappa shape index (κ1) is 12.7. The van der Waals surface area contributed by atoms with Crippen LogP contribution in [0.15, 0.2) is 36.4 Å². The van der Waals surface area contributed by atoms with E-state index in [0.717, 1.165) is 28.3 Å². The van der Waals surface area contributed by atoms with Gasteiger partial charge in [0.1, 0.15) is 19.0 Å². The molecule has 2 aromatic carbocycles. The van der Waals surface area contributed by atoms with Crippen molar-refractivity contribution in [2.24, 2.45) is 0 Å². The summed E-state index contributed by atoms with van der Waals surface area (Å²) in [4.78, 5) is 0. The number of hydrogen-bond acceptors (Lipinski definition) is 4. The Morgan fingerprint density at radius 3 is 2.65 bits per heavy atom. The van der Waals surface area contributed by atoms with Crippen molar-refractivity contribution < 1.29 is 14.6 Å². The fourth-order valence-corrected chi connectivity index (χ4v) is 2.24. The minimum absolute atomic E-state index is 0.285. The van der Waals surface area contributed by atoms with Crippen LogP contribution in [0.25, 0.3) is 0 Å². The van der Waals surface area contributed by atoms with Crippen LogP contribution in [-0.2, 0) is 6.54 Å². The predicted octanol–water partition coefficient (Wildman–Crippen LogP) is 3.08. The van der Waals surface area contributed by atoms with Crippen LogP contribution in [0, 0.1) is 6.92 Å². The second-order valence-electron chi connectivity index (χ2n) is 4.83. The first-order chi connectivity index (χ1) is 9.72. The van der Waals surface area contributed by atoms with E-state index in [0.29, 0.717) is 19.8 Å². The van der Waals surface area contributed by atoms with Crippen LogP contribution in [0.5, 0.6) is 17.2 Å². The van der Waals surface area contributed by atoms with E-state index in [2.05, 4.69) is 5.32 Å². The lowest BCUT2D eigenvalue weighted by Crippen LogP contribution is -2.15. The summed E-state index contributed by atoms with van der Waals surface area (Å²) >= 11 is 0. The lowest BCUT2D eigenvalue weighted by molar-refractivity contribution is 0.171. The largest absolute Gasteiger partial charge is 0.508 e. The molecule has 0 aliphatic carbocycles. The third-order valence-electron chi connectivity index (χ3n) is 3.30. The number of ether oxygens (including phenoxy) is 2. The topological polar surface area (TPSA) is 50.7 Å². The number of fused-ring (bicyclic) bond motifs is 1. The van der Waals surface area contributed by atoms with Gasteiger partial charge in [0.25, 0.3) is 0 Å². The molecule has 4 nitrogen and oxygen atoms in total. The summed E-state index contributed by atoms with van der Waals surface area (Å²) in [6, 6.07) is 11.3. The van der Waals surface area contributed by atoms with Crippen LogP contribution in [-0.4, -0.2) is 18.3 Å². The van der Waals surface area contributed by atoms with Gasteiger partial charge in [-0.25, -0.2) is 0 Å². The van der Waals surface area contributed by atoms with E-state index in [4.69, 9.17) is 9.47 Å². The van der Waals surface area contributed by atoms with Gasteiger partial charge in [-0.2, -0.15) is 0 Å². The second-order valence-corrected chi connectivity index (χ2v) is 4.83. The predicted molar refractivity (Wildman–Crippen MR) is 77.6 cm³/mol. The molecule has 0 bridgehead atoms. The Bertz CT molecular complexity index is 625. The van der Waals surface area contributed by atoms with Crippen LogP contribution < -0.4 is 14.8 Å². The number of nitrogens with one attached hydrogen (secondary N) is 1. The van der Waals surface area contributed by atoms with Gasteiger partial charge in [-0.05, 0) is 48.4 Å². The molecule has 1 aliphatic rings. The van der Waals surface area contributed by atoms with E-state index in [1.807, 2.05) is 31.2 Å². The maximum Gasteiger partial charge on any atom is 0.161 e. The molecule has 20 heavy (non-hydrogen) atoms. The number of benzene rings is 2. The van der Waals surface area contributed by atoms with E-state index in [1.54, 1.807) is 12.1 Å². The van der Waals surface area contributed by atoms with Crippen LogP contribution in [0.2, 0.25) is 0 Å². The summed E-state index contributed by atoms with van der Waals surface area (Å²) < 4.78 is 11.1. The van der Waals surface area contributed by atoms with Crippen molar-refractivity contribution >= 4 is 5.69 Å². The average Bonchev–Trinajstić information content (AvgIpc) is 2.46. The minimum Gasteiger partial charge on any atom is -0.508 e. The highest BCUT2D eigenvalue weighted by atomic mass is 16.6. The first-order valence-electron chi connectivity index (χ1n) is 6.64. The molecule has 2 N–H and O–H groups in total. The molecule has 0 aromatic heterocycles. The number of aryl methyl sites for hydroxylation is 1. The standard InChI is InChI=1S/C16H17NO3/c1-11-8-13(18)3-4-14(11)17-10-12-2-5-15-16(9-12)20-7-6-19-15/h2-5,8-9,17-18H,6-7,10H2,1H3. The van der Waals surface area contributed by atoms with Crippen molar-refractivity contribution in [1.82, 2.24) is 0 Å². The Kier molecular flexibility index (Phi) is 3.37. The van der Waals surface area contributed by atoms with Crippen molar-refractivity contribution in [2.45, 2.75) is 13.5 Å². The van der Waals surface area contributed by atoms with E-state index >= 15 is 0 Å². The fraction of sp³-hybridized carbons (Fsp3) is 0.250. The van der Waals surface area contributed by atoms with Gasteiger partial charge in [0.2, 0.25) is 0 Å². The van der Waals surface area contributed by atoms with Crippen molar-refractivity contribution in [3.05, 3.63) is 47.5 Å². The number of phenols is 1. The lowest BCUT2D eigenvalue weighted by atomic mass is 10.1. The minimum atomic E-state index is 0.285. The zero-order valence-electron chi connectivity index (χ0n) is 11.3. The van der Waals surface area contributed by atoms with E-state index in [9.17, 15) is 5.11 Å². The molecule has 1 heterocycles. The molecule has 0 amide bonds. The summed E-state index contributed by atoms with van der Waals surface area (Å²) in [5.74, 6) is 1.89. The summed E-state index contributed by atoms with van der Waals surface area (Å²) in [5, 5.41) is 12.8. The third-order valence-corrected chi connectivity index (χ3v) is 3.30. The molecule has 0 atom stereocenters. The van der Waals surface area contributed by atoms with Gasteiger partial charge < -0.3 is 19.9 Å². The van der Waals surface area contributed by atoms with Crippen LogP contribution >= 0.6 is 0 Å². The molecule has 0 saturated heterocycles. The fourth-order valence-electron chi connectivity index (χ4n) is 2.24. The number of rotatable bonds is 3. The summed E-state index contributed by atoms with van der Waals surface area (Å²) in [7, 11) is 0. The highest BCUT2D eigenvalue weighted by Gasteiger charge is 2.11. The highest BCUT2D eigenvalue weighted by molar-refractivity contribution is 5.54. The zero-order valence-corrected chi connectivity index (χ0v) is 11.3. The summed E-state index contributed by atoms with van der Waals surface area (Å²) in [6.45, 7) is 3.87. The number of hydrogen-bond donors (Lipinski definition) is 2. The van der Waals surface area contributed by atoms with Crippen LogP contribution in [0.3, 0.4) is 0 Å². The van der Waals surface area contributed by atoms with E-state index < -0.39 is 0 Å². The molecular formula is C16H17NO3. The number of aromatic hydroxyl groups is 1. The summed E-state index contributed by atoms with van der Waals surface area (Å²) in [6.07, 6.45) is 0. The van der Waals surface area contributed by atoms with E-state index in [-0.39, 0.29) is 5.75 Å². The Balaban J connectivity index is 1.72. The quantitative estimate of drug-likeness (QED) is 0.842. The molecule has 0 unspecified atom stereocenters. The Labute approximate surface area is 118 Å². The van der Waals surface area contributed by atoms with Gasteiger partial charge in [0, 0.05) is 12.2 Å². The maximum atomic E-state index is 9.40. The zero-order chi connectivity index (χ0) is 13.9. The highest BCUT2D eigenvalue weighted by Crippen LogP contribution is 2.31. The Hall–Kier alpha value is -2.36. The number of phenolic OH excluding ortho intramolecular Hbond substituents is 1. The Morgan fingerprint density at radius 1 is 1.05 bits per heavy atom. The lowest BCUT2D eigenvalue weighted by Gasteiger charge is -2.19. The SMILES string of the molecule is Cc1cc(O)ccc1NCc1ccc2c(c1)OCCO2. The number of anilines is 1. The first-order valence-corrected chi connectivity index (χ1v) is 6.64. The third kappa shape index (κ3) is 2.64. The van der Waals surface area contributed by atoms with Gasteiger partial charge >= 0.3 is 0 Å². The van der Waals surface area contributed by atoms with Crippen molar-refractivity contribution in [3.63, 3.8) is 0 Å². The Morgan fingerprint density at radius 2 is 1.85 bits per heavy atom. The van der Waals surface area contributed by atoms with Crippen molar-refractivity contribution in [1.29, 1.82) is 0 Å². The van der Waals surface area contributed by atoms with Gasteiger partial charge in [-0.1, -0.05) is 6.07 Å². The molecule has 0 radical (unpaired) electrons. The van der Waals surface area contributed by atoms with Gasteiger partial charge in [-0.3, -0.25) is 0 Å². The van der Waals surface area contributed by atoms with Gasteiger partial charge in [0.15, 0.2) is 11.5 Å². The van der Waals surface area contributed by atoms with Gasteiger partial charge in [0.05, 0.1) is 0 Å². The molecular weight excluding hydrogens is 254 g/mol. The molecule has 0 fully saturated rings. The molecule has 2 aromatic rings. The molecule has 3 rings (SSSR count). The molecule has 4 heteroatoms. The average molecular weight is 271 g/mol. The second kappa shape index (κ2) is 5.33. The van der Waals surface area contributed by atoms with Crippen LogP contribution in [0.1, 0.15) is 11.1 Å². The summed E-state index contributed by atoms with van der Waals surface area (Å²) in [5.41, 5.74) is 3.15. The molecule has 0 spiro atoms.